The van der Waals surface area contributed by atoms with Crippen molar-refractivity contribution in [3.05, 3.63) is 70.4 Å². The number of aromatic nitrogens is 3. The molecule has 10 heteroatoms. The zero-order valence-electron chi connectivity index (χ0n) is 24.2. The van der Waals surface area contributed by atoms with Crippen molar-refractivity contribution in [2.75, 3.05) is 18.4 Å². The highest BCUT2D eigenvalue weighted by molar-refractivity contribution is 7.19. The van der Waals surface area contributed by atoms with Gasteiger partial charge >= 0.3 is 0 Å². The molecule has 8 nitrogen and oxygen atoms in total. The molecular weight excluding hydrogens is 580 g/mol. The molecular formula is C33H35ClN6O2S. The lowest BCUT2D eigenvalue weighted by Crippen LogP contribution is -2.47. The van der Waals surface area contributed by atoms with E-state index in [0.717, 1.165) is 71.9 Å². The minimum absolute atomic E-state index is 0.0185. The van der Waals surface area contributed by atoms with Crippen molar-refractivity contribution >= 4 is 39.9 Å². The number of amides is 2. The molecule has 0 bridgehead atoms. The number of anilines is 1. The standard InChI is InChI=1S/C33H35ClN6O2S/c1-20(41)35-33-37-27-13-12-25-29(21-7-3-2-4-8-21)38-40(30(25)31(27)43-33)28-14-11-22(19-26(28)34)32(42)39-17-15-24(16-18-39)36-23-9-5-6-10-23/h2-4,7-8,11,14,19,23-24,36H,5-6,9-10,12-13,15-18H2,1H3,(H,35,37,41). The third-order valence-electron chi connectivity index (χ3n) is 8.87. The van der Waals surface area contributed by atoms with Crippen molar-refractivity contribution in [2.45, 2.75) is 70.4 Å². The Labute approximate surface area is 260 Å². The second kappa shape index (κ2) is 11.9. The molecule has 4 aromatic rings. The van der Waals surface area contributed by atoms with E-state index in [-0.39, 0.29) is 11.8 Å². The Morgan fingerprint density at radius 3 is 2.44 bits per heavy atom. The summed E-state index contributed by atoms with van der Waals surface area (Å²) in [4.78, 5) is 32.9. The van der Waals surface area contributed by atoms with Gasteiger partial charge in [-0.25, -0.2) is 9.67 Å². The highest BCUT2D eigenvalue weighted by Crippen LogP contribution is 2.44. The molecule has 0 spiro atoms. The van der Waals surface area contributed by atoms with Crippen molar-refractivity contribution in [1.82, 2.24) is 25.0 Å². The molecule has 2 fully saturated rings. The monoisotopic (exact) mass is 614 g/mol. The minimum atomic E-state index is -0.151. The highest BCUT2D eigenvalue weighted by Gasteiger charge is 2.31. The van der Waals surface area contributed by atoms with Crippen LogP contribution in [0.2, 0.25) is 5.02 Å². The predicted molar refractivity (Wildman–Crippen MR) is 171 cm³/mol. The second-order valence-corrected chi connectivity index (χ2v) is 13.2. The van der Waals surface area contributed by atoms with Gasteiger partial charge in [0.1, 0.15) is 0 Å². The third-order valence-corrected chi connectivity index (χ3v) is 10.2. The van der Waals surface area contributed by atoms with Crippen LogP contribution < -0.4 is 10.6 Å². The van der Waals surface area contributed by atoms with Crippen LogP contribution in [0.4, 0.5) is 5.13 Å². The van der Waals surface area contributed by atoms with Crippen LogP contribution in [0.5, 0.6) is 0 Å². The minimum Gasteiger partial charge on any atom is -0.339 e. The first-order valence-electron chi connectivity index (χ1n) is 15.2. The number of hydrogen-bond acceptors (Lipinski definition) is 6. The lowest BCUT2D eigenvalue weighted by atomic mass is 9.95. The molecule has 0 radical (unpaired) electrons. The number of piperidine rings is 1. The van der Waals surface area contributed by atoms with E-state index in [2.05, 4.69) is 22.8 Å². The number of hydrogen-bond donors (Lipinski definition) is 2. The quantitative estimate of drug-likeness (QED) is 0.258. The van der Waals surface area contributed by atoms with E-state index in [4.69, 9.17) is 21.7 Å². The van der Waals surface area contributed by atoms with E-state index in [1.165, 1.54) is 43.9 Å². The van der Waals surface area contributed by atoms with Gasteiger partial charge in [-0.05, 0) is 56.7 Å². The molecule has 1 saturated heterocycles. The molecule has 2 aliphatic carbocycles. The smallest absolute Gasteiger partial charge is 0.253 e. The Morgan fingerprint density at radius 2 is 1.72 bits per heavy atom. The van der Waals surface area contributed by atoms with Gasteiger partial charge in [0.25, 0.3) is 5.91 Å². The van der Waals surface area contributed by atoms with Gasteiger partial charge in [0.15, 0.2) is 5.13 Å². The Bertz CT molecular complexity index is 1670. The number of benzene rings is 2. The number of thiazole rings is 1. The molecule has 0 atom stereocenters. The van der Waals surface area contributed by atoms with Gasteiger partial charge in [0.2, 0.25) is 5.91 Å². The van der Waals surface area contributed by atoms with Crippen molar-refractivity contribution < 1.29 is 9.59 Å². The van der Waals surface area contributed by atoms with Crippen molar-refractivity contribution in [3.8, 4) is 27.5 Å². The number of nitrogens with one attached hydrogen (secondary N) is 2. The zero-order valence-corrected chi connectivity index (χ0v) is 25.8. The molecule has 2 amide bonds. The zero-order chi connectivity index (χ0) is 29.5. The van der Waals surface area contributed by atoms with E-state index in [0.29, 0.717) is 33.5 Å². The first-order chi connectivity index (χ1) is 20.9. The lowest BCUT2D eigenvalue weighted by molar-refractivity contribution is -0.114. The average molecular weight is 615 g/mol. The Balaban J connectivity index is 1.18. The first-order valence-corrected chi connectivity index (χ1v) is 16.4. The molecule has 2 N–H and O–H groups in total. The van der Waals surface area contributed by atoms with Gasteiger partial charge in [0, 0.05) is 48.8 Å². The van der Waals surface area contributed by atoms with Crippen LogP contribution in [0, 0.1) is 0 Å². The maximum Gasteiger partial charge on any atom is 0.253 e. The summed E-state index contributed by atoms with van der Waals surface area (Å²) in [5, 5.41) is 12.8. The number of likely N-dealkylation sites (tertiary alicyclic amines) is 1. The van der Waals surface area contributed by atoms with Gasteiger partial charge in [-0.15, -0.1) is 0 Å². The van der Waals surface area contributed by atoms with Crippen molar-refractivity contribution in [3.63, 3.8) is 0 Å². The van der Waals surface area contributed by atoms with Crippen molar-refractivity contribution in [1.29, 1.82) is 0 Å². The van der Waals surface area contributed by atoms with Crippen LogP contribution in [0.1, 0.15) is 67.1 Å². The predicted octanol–water partition coefficient (Wildman–Crippen LogP) is 6.51. The lowest BCUT2D eigenvalue weighted by Gasteiger charge is -2.34. The summed E-state index contributed by atoms with van der Waals surface area (Å²) in [7, 11) is 0. The molecule has 0 unspecified atom stereocenters. The van der Waals surface area contributed by atoms with E-state index in [1.807, 2.05) is 39.9 Å². The number of fused-ring (bicyclic) bond motifs is 3. The topological polar surface area (TPSA) is 92.1 Å². The summed E-state index contributed by atoms with van der Waals surface area (Å²) in [5.41, 5.74) is 6.23. The number of carbonyl (C=O) groups is 2. The number of carbonyl (C=O) groups excluding carboxylic acids is 2. The fourth-order valence-electron chi connectivity index (χ4n) is 6.75. The van der Waals surface area contributed by atoms with Crippen LogP contribution in [0.15, 0.2) is 48.5 Å². The van der Waals surface area contributed by atoms with E-state index >= 15 is 0 Å². The Kier molecular flexibility index (Phi) is 7.80. The highest BCUT2D eigenvalue weighted by atomic mass is 35.5. The molecule has 2 aromatic carbocycles. The van der Waals surface area contributed by atoms with Gasteiger partial charge < -0.3 is 15.5 Å². The van der Waals surface area contributed by atoms with Crippen LogP contribution in [0.3, 0.4) is 0 Å². The fraction of sp³-hybridized carbons (Fsp3) is 0.394. The number of rotatable bonds is 6. The summed E-state index contributed by atoms with van der Waals surface area (Å²) in [5.74, 6) is -0.132. The van der Waals surface area contributed by atoms with Gasteiger partial charge in [-0.3, -0.25) is 9.59 Å². The molecule has 1 aliphatic heterocycles. The summed E-state index contributed by atoms with van der Waals surface area (Å²) >= 11 is 8.41. The largest absolute Gasteiger partial charge is 0.339 e. The summed E-state index contributed by atoms with van der Waals surface area (Å²) in [6.45, 7) is 2.99. The second-order valence-electron chi connectivity index (χ2n) is 11.8. The van der Waals surface area contributed by atoms with Crippen molar-refractivity contribution in [2.24, 2.45) is 0 Å². The maximum absolute atomic E-state index is 13.5. The molecule has 222 valence electrons. The third kappa shape index (κ3) is 5.61. The Morgan fingerprint density at radius 1 is 0.977 bits per heavy atom. The summed E-state index contributed by atoms with van der Waals surface area (Å²) < 4.78 is 1.89. The van der Waals surface area contributed by atoms with Crippen LogP contribution >= 0.6 is 22.9 Å². The van der Waals surface area contributed by atoms with Crippen LogP contribution in [-0.4, -0.2) is 56.7 Å². The van der Waals surface area contributed by atoms with E-state index in [9.17, 15) is 9.59 Å². The van der Waals surface area contributed by atoms with Gasteiger partial charge in [-0.2, -0.15) is 5.10 Å². The SMILES string of the molecule is CC(=O)Nc1nc2c(s1)-c1c(c(-c3ccccc3)nn1-c1ccc(C(=O)N3CCC(NC4CCCC4)CC3)cc1Cl)CC2. The average Bonchev–Trinajstić information content (AvgIpc) is 3.76. The molecule has 2 aromatic heterocycles. The van der Waals surface area contributed by atoms with Crippen LogP contribution in [0.25, 0.3) is 27.5 Å². The van der Waals surface area contributed by atoms with Gasteiger partial charge in [-0.1, -0.05) is 66.1 Å². The molecule has 3 heterocycles. The normalized spacial score (nSPS) is 17.1. The number of nitrogens with zero attached hydrogens (tertiary/aromatic N) is 4. The first kappa shape index (κ1) is 28.3. The molecule has 1 saturated carbocycles. The molecule has 3 aliphatic rings. The van der Waals surface area contributed by atoms with E-state index in [1.54, 1.807) is 6.07 Å². The van der Waals surface area contributed by atoms with Gasteiger partial charge in [0.05, 0.1) is 32.7 Å². The summed E-state index contributed by atoms with van der Waals surface area (Å²) in [6, 6.07) is 16.8. The summed E-state index contributed by atoms with van der Waals surface area (Å²) in [6.07, 6.45) is 8.69. The molecule has 7 rings (SSSR count). The molecule has 43 heavy (non-hydrogen) atoms. The number of aryl methyl sites for hydroxylation is 1. The Hall–Kier alpha value is -3.53. The fourth-order valence-corrected chi connectivity index (χ4v) is 8.12. The maximum atomic E-state index is 13.5. The number of halogens is 1. The van der Waals surface area contributed by atoms with Crippen LogP contribution in [-0.2, 0) is 17.6 Å². The van der Waals surface area contributed by atoms with E-state index < -0.39 is 0 Å².